The van der Waals surface area contributed by atoms with Crippen LogP contribution in [-0.4, -0.2) is 37.0 Å². The van der Waals surface area contributed by atoms with Gasteiger partial charge in [-0.05, 0) is 84.9 Å². The minimum atomic E-state index is -3.99. The van der Waals surface area contributed by atoms with Crippen molar-refractivity contribution < 1.29 is 21.8 Å². The van der Waals surface area contributed by atoms with E-state index in [0.29, 0.717) is 6.42 Å². The Morgan fingerprint density at radius 1 is 1.33 bits per heavy atom. The van der Waals surface area contributed by atoms with Gasteiger partial charge < -0.3 is 9.29 Å². The lowest BCUT2D eigenvalue weighted by Crippen LogP contribution is -2.43. The van der Waals surface area contributed by atoms with Crippen LogP contribution in [0, 0.1) is 17.3 Å². The maximum Gasteiger partial charge on any atom is 0.385 e. The molecule has 2 fully saturated rings. The predicted molar refractivity (Wildman–Crippen MR) is 119 cm³/mol. The molecule has 0 saturated heterocycles. The van der Waals surface area contributed by atoms with Gasteiger partial charge in [0.05, 0.1) is 7.45 Å². The van der Waals surface area contributed by atoms with E-state index in [2.05, 4.69) is 13.2 Å². The van der Waals surface area contributed by atoms with Gasteiger partial charge in [-0.3, -0.25) is 0 Å². The van der Waals surface area contributed by atoms with E-state index in [0.717, 1.165) is 34.7 Å². The van der Waals surface area contributed by atoms with Crippen LogP contribution in [0.15, 0.2) is 43.5 Å². The molecule has 2 saturated carbocycles. The first kappa shape index (κ1) is 18.0. The second-order valence-corrected chi connectivity index (χ2v) is 10.4. The maximum atomic E-state index is 12.7. The van der Waals surface area contributed by atoms with Crippen molar-refractivity contribution in [3.8, 4) is 5.75 Å². The van der Waals surface area contributed by atoms with Crippen LogP contribution in [0.2, 0.25) is 0 Å². The lowest BCUT2D eigenvalue weighted by atomic mass is 9.55. The van der Waals surface area contributed by atoms with Crippen LogP contribution in [0.25, 0.3) is 0 Å². The standard InChI is InChI=1S/C24H33NO4S/c1-4-14-25(15-5-2)30(27,28)29-18-7-9-19-17(16-18)6-8-21-20(19)12-13-24(3)22(21)10-11-23(24)26/h4-5,7,9,16,20-23,26H,1-2,6,8,10-15H2,3H3/t20-,21-,22+,23+,24+/m1/s1/i11D2,23D. The highest BCUT2D eigenvalue weighted by atomic mass is 32.2. The average Bonchev–Trinajstić information content (AvgIpc) is 2.88. The summed E-state index contributed by atoms with van der Waals surface area (Å²) in [6.45, 7) is 9.32. The van der Waals surface area contributed by atoms with Gasteiger partial charge in [0.2, 0.25) is 0 Å². The predicted octanol–water partition coefficient (Wildman–Crippen LogP) is 4.20. The lowest BCUT2D eigenvalue weighted by molar-refractivity contribution is -0.0226. The quantitative estimate of drug-likeness (QED) is 0.653. The van der Waals surface area contributed by atoms with Crippen molar-refractivity contribution in [3.63, 3.8) is 0 Å². The number of aliphatic hydroxyl groups is 1. The summed E-state index contributed by atoms with van der Waals surface area (Å²) >= 11 is 0. The fourth-order valence-electron chi connectivity index (χ4n) is 5.73. The summed E-state index contributed by atoms with van der Waals surface area (Å²) in [6.07, 6.45) is 2.07. The SMILES string of the molecule is [2H]C1([2H])C[C@H]2[C@@H]3CCc4cc(OS(=O)(=O)N(CC=C)CC=C)ccc4[C@H]3CC[C@]2(C)[C@@]1([2H])O. The molecule has 6 heteroatoms. The second kappa shape index (κ2) is 8.13. The van der Waals surface area contributed by atoms with Crippen LogP contribution in [0.3, 0.4) is 0 Å². The minimum Gasteiger partial charge on any atom is -0.393 e. The van der Waals surface area contributed by atoms with E-state index in [1.807, 2.05) is 13.0 Å². The smallest absolute Gasteiger partial charge is 0.385 e. The van der Waals surface area contributed by atoms with Gasteiger partial charge in [0, 0.05) is 15.8 Å². The van der Waals surface area contributed by atoms with E-state index >= 15 is 0 Å². The van der Waals surface area contributed by atoms with Gasteiger partial charge in [-0.25, -0.2) is 0 Å². The number of fused-ring (bicyclic) bond motifs is 5. The van der Waals surface area contributed by atoms with Gasteiger partial charge in [0.25, 0.3) is 0 Å². The molecule has 0 heterocycles. The Hall–Kier alpha value is -1.63. The van der Waals surface area contributed by atoms with E-state index < -0.39 is 28.2 Å². The molecule has 3 aliphatic carbocycles. The highest BCUT2D eigenvalue weighted by Crippen LogP contribution is 2.60. The molecule has 0 amide bonds. The van der Waals surface area contributed by atoms with Crippen molar-refractivity contribution in [1.82, 2.24) is 4.31 Å². The molecular weight excluding hydrogens is 398 g/mol. The minimum absolute atomic E-state index is 0.0652. The molecule has 0 aliphatic heterocycles. The van der Waals surface area contributed by atoms with Crippen molar-refractivity contribution in [1.29, 1.82) is 0 Å². The zero-order chi connectivity index (χ0) is 24.2. The van der Waals surface area contributed by atoms with E-state index in [-0.39, 0.29) is 43.0 Å². The Morgan fingerprint density at radius 3 is 2.77 bits per heavy atom. The molecule has 1 aromatic carbocycles. The summed E-state index contributed by atoms with van der Waals surface area (Å²) in [6, 6.07) is 5.41. The maximum absolute atomic E-state index is 12.7. The summed E-state index contributed by atoms with van der Waals surface area (Å²) in [4.78, 5) is 0. The van der Waals surface area contributed by atoms with Crippen LogP contribution in [0.4, 0.5) is 0 Å². The number of rotatable bonds is 7. The van der Waals surface area contributed by atoms with Crippen LogP contribution in [-0.2, 0) is 16.7 Å². The van der Waals surface area contributed by atoms with Crippen molar-refractivity contribution in [2.45, 2.75) is 57.4 Å². The number of nitrogens with zero attached hydrogens (tertiary/aromatic N) is 1. The van der Waals surface area contributed by atoms with Crippen molar-refractivity contribution in [2.75, 3.05) is 13.1 Å². The van der Waals surface area contributed by atoms with E-state index in [4.69, 9.17) is 8.30 Å². The number of benzene rings is 1. The molecule has 0 spiro atoms. The number of aryl methyl sites for hydroxylation is 1. The van der Waals surface area contributed by atoms with Gasteiger partial charge in [-0.2, -0.15) is 12.7 Å². The Balaban J connectivity index is 1.58. The molecule has 4 rings (SSSR count). The highest BCUT2D eigenvalue weighted by molar-refractivity contribution is 7.84. The van der Waals surface area contributed by atoms with Gasteiger partial charge in [0.1, 0.15) is 5.75 Å². The summed E-state index contributed by atoms with van der Waals surface area (Å²) in [5, 5.41) is 10.8. The van der Waals surface area contributed by atoms with Crippen molar-refractivity contribution in [3.05, 3.63) is 54.6 Å². The third kappa shape index (κ3) is 3.63. The largest absolute Gasteiger partial charge is 0.393 e. The Morgan fingerprint density at radius 2 is 2.07 bits per heavy atom. The van der Waals surface area contributed by atoms with Crippen LogP contribution >= 0.6 is 0 Å². The fraction of sp³-hybridized carbons (Fsp3) is 0.583. The zero-order valence-electron chi connectivity index (χ0n) is 20.5. The average molecular weight is 435 g/mol. The molecule has 0 aromatic heterocycles. The Labute approximate surface area is 184 Å². The molecule has 30 heavy (non-hydrogen) atoms. The second-order valence-electron chi connectivity index (χ2n) is 8.90. The molecule has 3 aliphatic rings. The first-order valence-corrected chi connectivity index (χ1v) is 12.0. The van der Waals surface area contributed by atoms with Gasteiger partial charge in [-0.1, -0.05) is 25.1 Å². The van der Waals surface area contributed by atoms with E-state index in [9.17, 15) is 13.5 Å². The van der Waals surface area contributed by atoms with Crippen LogP contribution in [0.1, 0.15) is 60.1 Å². The Kier molecular flexibility index (Phi) is 4.88. The molecule has 0 radical (unpaired) electrons. The fourth-order valence-corrected chi connectivity index (χ4v) is 6.76. The molecular formula is C24H33NO4S. The molecule has 0 bridgehead atoms. The zero-order valence-corrected chi connectivity index (χ0v) is 18.3. The van der Waals surface area contributed by atoms with Crippen molar-refractivity contribution >= 4 is 10.3 Å². The third-order valence-corrected chi connectivity index (χ3v) is 8.63. The van der Waals surface area contributed by atoms with Crippen molar-refractivity contribution in [2.24, 2.45) is 17.3 Å². The van der Waals surface area contributed by atoms with E-state index in [1.165, 1.54) is 12.2 Å². The number of hydrogen-bond donors (Lipinski definition) is 1. The summed E-state index contributed by atoms with van der Waals surface area (Å²) in [5.74, 6) is 0.602. The van der Waals surface area contributed by atoms with Gasteiger partial charge in [-0.15, -0.1) is 13.2 Å². The summed E-state index contributed by atoms with van der Waals surface area (Å²) in [5.41, 5.74) is 1.42. The summed E-state index contributed by atoms with van der Waals surface area (Å²) in [7, 11) is -3.99. The molecule has 164 valence electrons. The molecule has 1 aromatic rings. The first-order valence-electron chi connectivity index (χ1n) is 12.1. The highest BCUT2D eigenvalue weighted by Gasteiger charge is 2.54. The van der Waals surface area contributed by atoms with Crippen LogP contribution in [0.5, 0.6) is 5.75 Å². The normalized spacial score (nSPS) is 38.4. The topological polar surface area (TPSA) is 66.8 Å². The van der Waals surface area contributed by atoms with Crippen LogP contribution < -0.4 is 4.18 Å². The van der Waals surface area contributed by atoms with Gasteiger partial charge >= 0.3 is 10.3 Å². The monoisotopic (exact) mass is 434 g/mol. The Bertz CT molecular complexity index is 1050. The molecule has 5 atom stereocenters. The van der Waals surface area contributed by atoms with E-state index in [1.54, 1.807) is 12.1 Å². The third-order valence-electron chi connectivity index (χ3n) is 7.30. The summed E-state index contributed by atoms with van der Waals surface area (Å²) < 4.78 is 57.0. The van der Waals surface area contributed by atoms with Gasteiger partial charge in [0.15, 0.2) is 0 Å². The molecule has 5 nitrogen and oxygen atoms in total. The molecule has 1 N–H and O–H groups in total. The molecule has 0 unspecified atom stereocenters. The number of hydrogen-bond acceptors (Lipinski definition) is 4. The lowest BCUT2D eigenvalue weighted by Gasteiger charge is -2.50. The first-order chi connectivity index (χ1) is 15.4.